The molecule has 2 saturated heterocycles. The quantitative estimate of drug-likeness (QED) is 0.118. The average molecular weight is 881 g/mol. The molecular weight excluding hydrogens is 817 g/mol. The maximum Gasteiger partial charge on any atom is 0.237 e. The highest BCUT2D eigenvalue weighted by Crippen LogP contribution is 2.41. The second-order valence-corrected chi connectivity index (χ2v) is 18.9. The van der Waals surface area contributed by atoms with Gasteiger partial charge in [0.05, 0.1) is 25.5 Å². The van der Waals surface area contributed by atoms with Crippen molar-refractivity contribution in [3.05, 3.63) is 142 Å². The zero-order valence-corrected chi connectivity index (χ0v) is 39.0. The lowest BCUT2D eigenvalue weighted by Gasteiger charge is -2.29. The van der Waals surface area contributed by atoms with E-state index in [1.165, 1.54) is 56.8 Å². The number of fused-ring (bicyclic) bond motifs is 2. The summed E-state index contributed by atoms with van der Waals surface area (Å²) in [6.45, 7) is 12.8. The number of benzene rings is 4. The molecule has 0 saturated carbocycles. The molecule has 1 amide bonds. The van der Waals surface area contributed by atoms with Gasteiger partial charge in [0, 0.05) is 91.2 Å². The summed E-state index contributed by atoms with van der Waals surface area (Å²) in [5, 5.41) is 8.85. The standard InChI is InChI=1S/C28H35N3O2S.C25H29N3O2/c1-20-6-4-8-25(29-20)18-31-12-13-32-28-24(17-31)14-23(27-10-9-21(2)34-27)15-26(28)33-19-22-7-5-11-30(3)16-22;1-26-25(29)23-14-20(17-28(23)16-18-8-4-3-5-9-18)27-15-19-12-13-24(30-2)22-11-7-6-10-21(19)22/h4,6,8-10,14-15,22H,5,7,11-13,16-19H2,1-3H3;3-13,20,23,27H,14-17H2,1-2H3,(H,26,29)/t;20-,23-/m.0/s1. The van der Waals surface area contributed by atoms with Crippen LogP contribution in [0.3, 0.4) is 0 Å². The van der Waals surface area contributed by atoms with Gasteiger partial charge in [-0.25, -0.2) is 0 Å². The average Bonchev–Trinajstić information content (AvgIpc) is 3.87. The number of carbonyl (C=O) groups excluding carboxylic acids is 1. The first kappa shape index (κ1) is 45.3. The number of piperidine rings is 1. The number of carbonyl (C=O) groups is 1. The van der Waals surface area contributed by atoms with Gasteiger partial charge in [0.25, 0.3) is 0 Å². The van der Waals surface area contributed by atoms with Crippen molar-refractivity contribution in [2.75, 3.05) is 60.6 Å². The van der Waals surface area contributed by atoms with E-state index in [0.29, 0.717) is 12.5 Å². The Kier molecular flexibility index (Phi) is 15.3. The second kappa shape index (κ2) is 21.6. The monoisotopic (exact) mass is 880 g/mol. The van der Waals surface area contributed by atoms with E-state index in [0.717, 1.165) is 92.9 Å². The van der Waals surface area contributed by atoms with E-state index in [1.54, 1.807) is 14.2 Å². The molecule has 3 aliphatic rings. The Bertz CT molecular complexity index is 2480. The minimum absolute atomic E-state index is 0.0881. The third kappa shape index (κ3) is 11.5. The molecule has 11 heteroatoms. The number of pyridine rings is 1. The first-order valence-corrected chi connectivity index (χ1v) is 23.6. The number of rotatable bonds is 13. The van der Waals surface area contributed by atoms with E-state index >= 15 is 0 Å². The first-order chi connectivity index (χ1) is 31.2. The van der Waals surface area contributed by atoms with Gasteiger partial charge in [0.1, 0.15) is 12.4 Å². The van der Waals surface area contributed by atoms with Crippen LogP contribution in [0.5, 0.6) is 17.2 Å². The number of hydrogen-bond acceptors (Lipinski definition) is 10. The number of likely N-dealkylation sites (tertiary alicyclic amines) is 2. The fourth-order valence-electron chi connectivity index (χ4n) is 9.45. The minimum atomic E-state index is -0.111. The van der Waals surface area contributed by atoms with Crippen LogP contribution < -0.4 is 24.8 Å². The normalized spacial score (nSPS) is 19.2. The van der Waals surface area contributed by atoms with Crippen LogP contribution in [-0.2, 0) is 31.0 Å². The third-order valence-corrected chi connectivity index (χ3v) is 13.7. The number of nitrogens with zero attached hydrogens (tertiary/aromatic N) is 4. The van der Waals surface area contributed by atoms with Crippen molar-refractivity contribution in [3.63, 3.8) is 0 Å². The molecule has 10 nitrogen and oxygen atoms in total. The second-order valence-electron chi connectivity index (χ2n) is 17.6. The van der Waals surface area contributed by atoms with E-state index in [2.05, 4.69) is 112 Å². The van der Waals surface area contributed by atoms with Gasteiger partial charge in [0.2, 0.25) is 5.91 Å². The molecular formula is C53H64N6O4S. The molecule has 4 aromatic carbocycles. The summed E-state index contributed by atoms with van der Waals surface area (Å²) in [6, 6.07) is 38.1. The molecule has 2 aromatic heterocycles. The summed E-state index contributed by atoms with van der Waals surface area (Å²) < 4.78 is 18.4. The number of aromatic nitrogens is 1. The summed E-state index contributed by atoms with van der Waals surface area (Å²) in [5.41, 5.74) is 7.04. The molecule has 6 aromatic rings. The predicted molar refractivity (Wildman–Crippen MR) is 259 cm³/mol. The van der Waals surface area contributed by atoms with Gasteiger partial charge in [-0.05, 0) is 111 Å². The molecule has 3 aliphatic heterocycles. The summed E-state index contributed by atoms with van der Waals surface area (Å²) in [5.74, 6) is 3.36. The van der Waals surface area contributed by atoms with Gasteiger partial charge in [-0.3, -0.25) is 19.6 Å². The maximum absolute atomic E-state index is 12.5. The number of thiophene rings is 1. The van der Waals surface area contributed by atoms with E-state index in [4.69, 9.17) is 19.2 Å². The largest absolute Gasteiger partial charge is 0.496 e. The zero-order valence-electron chi connectivity index (χ0n) is 38.1. The van der Waals surface area contributed by atoms with E-state index in [9.17, 15) is 4.79 Å². The van der Waals surface area contributed by atoms with Gasteiger partial charge in [-0.2, -0.15) is 0 Å². The molecule has 0 spiro atoms. The van der Waals surface area contributed by atoms with Crippen LogP contribution in [0.1, 0.15) is 52.2 Å². The molecule has 0 bridgehead atoms. The van der Waals surface area contributed by atoms with Crippen molar-refractivity contribution in [1.82, 2.24) is 30.3 Å². The topological polar surface area (TPSA) is 91.4 Å². The fraction of sp³-hybridized carbons (Fsp3) is 0.396. The third-order valence-electron chi connectivity index (χ3n) is 12.7. The summed E-state index contributed by atoms with van der Waals surface area (Å²) in [4.78, 5) is 26.9. The number of aryl methyl sites for hydroxylation is 2. The first-order valence-electron chi connectivity index (χ1n) is 22.8. The van der Waals surface area contributed by atoms with Crippen molar-refractivity contribution >= 4 is 28.0 Å². The van der Waals surface area contributed by atoms with E-state index in [-0.39, 0.29) is 18.0 Å². The smallest absolute Gasteiger partial charge is 0.237 e. The Morgan fingerprint density at radius 3 is 2.48 bits per heavy atom. The SMILES string of the molecule is CNC(=O)[C@@H]1C[C@H](NCc2ccc(OC)c3ccccc23)CN1Cc1ccccc1.Cc1cccc(CN2CCOc3c(cc(-c4ccc(C)s4)cc3OCC3CCCN(C)C3)C2)n1. The zero-order chi connectivity index (χ0) is 44.4. The van der Waals surface area contributed by atoms with Crippen molar-refractivity contribution in [2.24, 2.45) is 5.92 Å². The highest BCUT2D eigenvalue weighted by molar-refractivity contribution is 7.15. The summed E-state index contributed by atoms with van der Waals surface area (Å²) >= 11 is 1.83. The Labute approximate surface area is 383 Å². The minimum Gasteiger partial charge on any atom is -0.496 e. The molecule has 9 rings (SSSR count). The summed E-state index contributed by atoms with van der Waals surface area (Å²) in [7, 11) is 5.63. The van der Waals surface area contributed by atoms with Crippen LogP contribution in [0.4, 0.5) is 0 Å². The number of nitrogens with one attached hydrogen (secondary N) is 2. The maximum atomic E-state index is 12.5. The molecule has 0 aliphatic carbocycles. The highest BCUT2D eigenvalue weighted by atomic mass is 32.1. The van der Waals surface area contributed by atoms with Gasteiger partial charge in [-0.15, -0.1) is 11.3 Å². The van der Waals surface area contributed by atoms with Crippen LogP contribution in [0.25, 0.3) is 21.2 Å². The van der Waals surface area contributed by atoms with E-state index in [1.807, 2.05) is 54.7 Å². The van der Waals surface area contributed by atoms with Crippen LogP contribution in [0.2, 0.25) is 0 Å². The number of ether oxygens (including phenoxy) is 3. The van der Waals surface area contributed by atoms with Crippen molar-refractivity contribution in [1.29, 1.82) is 0 Å². The molecule has 336 valence electrons. The number of likely N-dealkylation sites (N-methyl/N-ethyl adjacent to an activating group) is 1. The molecule has 64 heavy (non-hydrogen) atoms. The lowest BCUT2D eigenvalue weighted by Crippen LogP contribution is -2.41. The molecule has 2 fully saturated rings. The molecule has 0 radical (unpaired) electrons. The molecule has 5 heterocycles. The Morgan fingerprint density at radius 2 is 1.72 bits per heavy atom. The predicted octanol–water partition coefficient (Wildman–Crippen LogP) is 8.87. The Morgan fingerprint density at radius 1 is 0.891 bits per heavy atom. The molecule has 2 N–H and O–H groups in total. The van der Waals surface area contributed by atoms with Crippen molar-refractivity contribution in [2.45, 2.75) is 71.4 Å². The summed E-state index contributed by atoms with van der Waals surface area (Å²) in [6.07, 6.45) is 3.28. The van der Waals surface area contributed by atoms with Crippen LogP contribution in [0.15, 0.2) is 109 Å². The number of methoxy groups -OCH3 is 1. The van der Waals surface area contributed by atoms with Gasteiger partial charge in [0.15, 0.2) is 11.5 Å². The highest BCUT2D eigenvalue weighted by Gasteiger charge is 2.36. The van der Waals surface area contributed by atoms with Gasteiger partial charge in [-0.1, -0.05) is 66.7 Å². The van der Waals surface area contributed by atoms with E-state index < -0.39 is 0 Å². The number of hydrogen-bond donors (Lipinski definition) is 2. The fourth-order valence-corrected chi connectivity index (χ4v) is 10.3. The Balaban J connectivity index is 0.000000176. The van der Waals surface area contributed by atoms with Crippen LogP contribution >= 0.6 is 11.3 Å². The lowest BCUT2D eigenvalue weighted by atomic mass is 9.99. The van der Waals surface area contributed by atoms with Crippen molar-refractivity contribution < 1.29 is 19.0 Å². The van der Waals surface area contributed by atoms with Gasteiger partial charge < -0.3 is 29.7 Å². The number of amides is 1. The van der Waals surface area contributed by atoms with Crippen LogP contribution in [0, 0.1) is 19.8 Å². The Hall–Kier alpha value is -5.30. The lowest BCUT2D eigenvalue weighted by molar-refractivity contribution is -0.125. The van der Waals surface area contributed by atoms with Crippen LogP contribution in [-0.4, -0.2) is 98.3 Å². The molecule has 1 unspecified atom stereocenters. The van der Waals surface area contributed by atoms with Gasteiger partial charge >= 0.3 is 0 Å². The van der Waals surface area contributed by atoms with Crippen molar-refractivity contribution in [3.8, 4) is 27.7 Å². The molecule has 3 atom stereocenters.